The van der Waals surface area contributed by atoms with Crippen LogP contribution in [0.4, 0.5) is 5.69 Å². The van der Waals surface area contributed by atoms with Gasteiger partial charge in [-0.05, 0) is 24.3 Å². The second-order valence-electron chi connectivity index (χ2n) is 4.26. The van der Waals surface area contributed by atoms with E-state index in [1.807, 2.05) is 12.1 Å². The highest BCUT2D eigenvalue weighted by molar-refractivity contribution is 5.28. The number of rotatable bonds is 1. The number of phenols is 2. The molecule has 118 valence electrons. The second-order valence-corrected chi connectivity index (χ2v) is 4.26. The fraction of sp³-hybridized carbons (Fsp3) is 0. The van der Waals surface area contributed by atoms with Gasteiger partial charge in [0.25, 0.3) is 5.69 Å². The highest BCUT2D eigenvalue weighted by atomic mass is 16.6. The summed E-state index contributed by atoms with van der Waals surface area (Å²) in [6, 6.07) is 25.4. The van der Waals surface area contributed by atoms with Crippen molar-refractivity contribution in [3.63, 3.8) is 0 Å². The van der Waals surface area contributed by atoms with Crippen molar-refractivity contribution < 1.29 is 15.1 Å². The molecule has 0 amide bonds. The Morgan fingerprint density at radius 1 is 0.609 bits per heavy atom. The molecule has 0 aromatic heterocycles. The van der Waals surface area contributed by atoms with Crippen molar-refractivity contribution in [3.05, 3.63) is 101 Å². The lowest BCUT2D eigenvalue weighted by atomic mass is 10.3. The molecular weight excluding hydrogens is 294 g/mol. The van der Waals surface area contributed by atoms with Crippen LogP contribution in [-0.2, 0) is 0 Å². The molecule has 3 rings (SSSR count). The topological polar surface area (TPSA) is 83.6 Å². The van der Waals surface area contributed by atoms with E-state index in [0.717, 1.165) is 0 Å². The number of phenolic OH excluding ortho intramolecular Hbond substituents is 2. The summed E-state index contributed by atoms with van der Waals surface area (Å²) in [5.41, 5.74) is 0.137. The van der Waals surface area contributed by atoms with Crippen LogP contribution < -0.4 is 0 Å². The molecule has 0 aliphatic carbocycles. The van der Waals surface area contributed by atoms with Gasteiger partial charge in [-0.25, -0.2) is 0 Å². The number of nitro groups is 1. The first-order chi connectivity index (χ1) is 11.1. The maximum atomic E-state index is 10.0. The molecule has 23 heavy (non-hydrogen) atoms. The number of hydrogen-bond acceptors (Lipinski definition) is 4. The second kappa shape index (κ2) is 10.4. The Bertz CT molecular complexity index is 636. The zero-order chi connectivity index (χ0) is 16.9. The normalized spacial score (nSPS) is 8.70. The summed E-state index contributed by atoms with van der Waals surface area (Å²) in [4.78, 5) is 9.59. The van der Waals surface area contributed by atoms with Crippen molar-refractivity contribution >= 4 is 5.69 Å². The molecular formula is C18H17NO4. The lowest BCUT2D eigenvalue weighted by Crippen LogP contribution is -1.84. The predicted octanol–water partition coefficient (Wildman–Crippen LogP) is 4.38. The molecule has 0 aliphatic heterocycles. The molecule has 0 atom stereocenters. The molecule has 2 N–H and O–H groups in total. The minimum Gasteiger partial charge on any atom is -0.508 e. The van der Waals surface area contributed by atoms with Crippen LogP contribution in [0.3, 0.4) is 0 Å². The quantitative estimate of drug-likeness (QED) is 0.516. The summed E-state index contributed by atoms with van der Waals surface area (Å²) < 4.78 is 0. The van der Waals surface area contributed by atoms with E-state index in [1.165, 1.54) is 12.1 Å². The average Bonchev–Trinajstić information content (AvgIpc) is 2.58. The van der Waals surface area contributed by atoms with E-state index in [9.17, 15) is 10.1 Å². The van der Waals surface area contributed by atoms with Crippen LogP contribution in [-0.4, -0.2) is 15.1 Å². The van der Waals surface area contributed by atoms with Crippen molar-refractivity contribution in [2.24, 2.45) is 0 Å². The van der Waals surface area contributed by atoms with Gasteiger partial charge in [0.1, 0.15) is 11.5 Å². The molecule has 0 fully saturated rings. The number of hydrogen-bond donors (Lipinski definition) is 2. The molecule has 0 heterocycles. The minimum atomic E-state index is -0.417. The van der Waals surface area contributed by atoms with E-state index in [2.05, 4.69) is 0 Å². The van der Waals surface area contributed by atoms with Crippen LogP contribution >= 0.6 is 0 Å². The lowest BCUT2D eigenvalue weighted by Gasteiger charge is -1.85. The Hall–Kier alpha value is -3.34. The van der Waals surface area contributed by atoms with E-state index < -0.39 is 4.92 Å². The van der Waals surface area contributed by atoms with Gasteiger partial charge in [0.15, 0.2) is 0 Å². The van der Waals surface area contributed by atoms with Crippen LogP contribution in [0.5, 0.6) is 11.5 Å². The Morgan fingerprint density at radius 2 is 0.913 bits per heavy atom. The van der Waals surface area contributed by atoms with Gasteiger partial charge in [0.2, 0.25) is 0 Å². The standard InChI is InChI=1S/C6H5NO2.2C6H6O/c8-7(9)6-4-2-1-3-5-6;2*7-6-4-2-1-3-5-6/h1-5H;2*1-5,7H. The predicted molar refractivity (Wildman–Crippen MR) is 89.3 cm³/mol. The molecule has 0 unspecified atom stereocenters. The summed E-state index contributed by atoms with van der Waals surface area (Å²) in [6.45, 7) is 0. The fourth-order valence-electron chi connectivity index (χ4n) is 1.41. The van der Waals surface area contributed by atoms with Gasteiger partial charge in [0.05, 0.1) is 4.92 Å². The smallest absolute Gasteiger partial charge is 0.269 e. The van der Waals surface area contributed by atoms with Gasteiger partial charge in [0, 0.05) is 12.1 Å². The van der Waals surface area contributed by atoms with Gasteiger partial charge >= 0.3 is 0 Å². The maximum absolute atomic E-state index is 10.0. The van der Waals surface area contributed by atoms with Crippen LogP contribution in [0.2, 0.25) is 0 Å². The number of nitrogens with zero attached hydrogens (tertiary/aromatic N) is 1. The first kappa shape index (κ1) is 17.7. The summed E-state index contributed by atoms with van der Waals surface area (Å²) >= 11 is 0. The Labute approximate surface area is 134 Å². The third kappa shape index (κ3) is 8.52. The van der Waals surface area contributed by atoms with Gasteiger partial charge in [-0.1, -0.05) is 54.6 Å². The molecule has 3 aromatic rings. The third-order valence-electron chi connectivity index (χ3n) is 2.48. The van der Waals surface area contributed by atoms with Gasteiger partial charge in [-0.3, -0.25) is 10.1 Å². The van der Waals surface area contributed by atoms with Crippen molar-refractivity contribution in [2.45, 2.75) is 0 Å². The van der Waals surface area contributed by atoms with E-state index in [-0.39, 0.29) is 5.69 Å². The molecule has 0 bridgehead atoms. The van der Waals surface area contributed by atoms with Gasteiger partial charge in [-0.15, -0.1) is 0 Å². The number of para-hydroxylation sites is 3. The molecule has 5 heteroatoms. The van der Waals surface area contributed by atoms with Crippen molar-refractivity contribution in [2.75, 3.05) is 0 Å². The molecule has 5 nitrogen and oxygen atoms in total. The van der Waals surface area contributed by atoms with Crippen LogP contribution in [0.15, 0.2) is 91.0 Å². The number of nitro benzene ring substituents is 1. The number of aromatic hydroxyl groups is 2. The fourth-order valence-corrected chi connectivity index (χ4v) is 1.41. The summed E-state index contributed by atoms with van der Waals surface area (Å²) in [5, 5.41) is 27.3. The highest BCUT2D eigenvalue weighted by Gasteiger charge is 1.98. The molecule has 0 spiro atoms. The van der Waals surface area contributed by atoms with Crippen LogP contribution in [0.1, 0.15) is 0 Å². The highest BCUT2D eigenvalue weighted by Crippen LogP contribution is 2.06. The summed E-state index contributed by atoms with van der Waals surface area (Å²) in [6.07, 6.45) is 0. The summed E-state index contributed by atoms with van der Waals surface area (Å²) in [5.74, 6) is 0.644. The van der Waals surface area contributed by atoms with E-state index >= 15 is 0 Å². The Balaban J connectivity index is 0.000000175. The molecule has 0 saturated heterocycles. The van der Waals surface area contributed by atoms with Crippen LogP contribution in [0.25, 0.3) is 0 Å². The molecule has 3 aromatic carbocycles. The maximum Gasteiger partial charge on any atom is 0.269 e. The van der Waals surface area contributed by atoms with Gasteiger partial charge < -0.3 is 10.2 Å². The summed E-state index contributed by atoms with van der Waals surface area (Å²) in [7, 11) is 0. The van der Waals surface area contributed by atoms with Crippen molar-refractivity contribution in [1.82, 2.24) is 0 Å². The van der Waals surface area contributed by atoms with Crippen molar-refractivity contribution in [1.29, 1.82) is 0 Å². The van der Waals surface area contributed by atoms with Gasteiger partial charge in [-0.2, -0.15) is 0 Å². The third-order valence-corrected chi connectivity index (χ3v) is 2.48. The van der Waals surface area contributed by atoms with E-state index in [1.54, 1.807) is 66.7 Å². The largest absolute Gasteiger partial charge is 0.508 e. The monoisotopic (exact) mass is 311 g/mol. The lowest BCUT2D eigenvalue weighted by molar-refractivity contribution is -0.384. The van der Waals surface area contributed by atoms with Crippen LogP contribution in [0, 0.1) is 10.1 Å². The minimum absolute atomic E-state index is 0.137. The molecule has 0 saturated carbocycles. The molecule has 0 aliphatic rings. The van der Waals surface area contributed by atoms with Crippen molar-refractivity contribution in [3.8, 4) is 11.5 Å². The Morgan fingerprint density at radius 3 is 1.09 bits per heavy atom. The Kier molecular flexibility index (Phi) is 8.01. The number of benzene rings is 3. The SMILES string of the molecule is O=[N+]([O-])c1ccccc1.Oc1ccccc1.Oc1ccccc1. The molecule has 0 radical (unpaired) electrons. The zero-order valence-corrected chi connectivity index (χ0v) is 12.3. The first-order valence-electron chi connectivity index (χ1n) is 6.77. The zero-order valence-electron chi connectivity index (χ0n) is 12.3. The first-order valence-corrected chi connectivity index (χ1v) is 6.77. The number of non-ortho nitro benzene ring substituents is 1. The average molecular weight is 311 g/mol. The van der Waals surface area contributed by atoms with E-state index in [0.29, 0.717) is 11.5 Å². The van der Waals surface area contributed by atoms with E-state index in [4.69, 9.17) is 10.2 Å².